The molecule has 6 heterocycles. The van der Waals surface area contributed by atoms with Crippen molar-refractivity contribution in [2.24, 2.45) is 5.73 Å². The summed E-state index contributed by atoms with van der Waals surface area (Å²) in [5.74, 6) is 4.01. The maximum atomic E-state index is 11.3. The predicted molar refractivity (Wildman–Crippen MR) is 317 cm³/mol. The lowest BCUT2D eigenvalue weighted by Crippen LogP contribution is -2.25. The smallest absolute Gasteiger partial charge is 0.264 e. The number of aliphatic hydroxyl groups is 2. The fourth-order valence-corrected chi connectivity index (χ4v) is 9.52. The molecular formula is C58H75ClN12O8S. The summed E-state index contributed by atoms with van der Waals surface area (Å²) in [5, 5.41) is 38.4. The second-order valence-corrected chi connectivity index (χ2v) is 21.9. The van der Waals surface area contributed by atoms with Crippen molar-refractivity contribution in [1.29, 1.82) is 0 Å². The topological polar surface area (TPSA) is 252 Å². The van der Waals surface area contributed by atoms with Gasteiger partial charge in [0.1, 0.15) is 34.0 Å². The van der Waals surface area contributed by atoms with Crippen LogP contribution < -0.4 is 30.6 Å². The Morgan fingerprint density at radius 1 is 0.550 bits per heavy atom. The van der Waals surface area contributed by atoms with E-state index in [2.05, 4.69) is 44.8 Å². The summed E-state index contributed by atoms with van der Waals surface area (Å²) in [6, 6.07) is 23.2. The Balaban J connectivity index is 0.000000187. The molecule has 3 atom stereocenters. The van der Waals surface area contributed by atoms with Gasteiger partial charge in [-0.05, 0) is 159 Å². The maximum absolute atomic E-state index is 11.3. The van der Waals surface area contributed by atoms with Crippen molar-refractivity contribution >= 4 is 50.3 Å². The zero-order valence-electron chi connectivity index (χ0n) is 48.5. The van der Waals surface area contributed by atoms with Crippen LogP contribution >= 0.6 is 11.6 Å². The molecule has 0 unspecified atom stereocenters. The molecule has 80 heavy (non-hydrogen) atoms. The number of ether oxygens (including phenoxy) is 3. The molecule has 6 N–H and O–H groups in total. The molecule has 0 aliphatic heterocycles. The molecule has 9 rings (SSSR count). The molecule has 0 fully saturated rings. The zero-order valence-corrected chi connectivity index (χ0v) is 50.1. The quantitative estimate of drug-likeness (QED) is 0.0473. The number of aryl methyl sites for hydroxylation is 9. The Labute approximate surface area is 473 Å². The van der Waals surface area contributed by atoms with Crippen LogP contribution in [0.3, 0.4) is 0 Å². The average Bonchev–Trinajstić information content (AvgIpc) is 4.25. The fourth-order valence-electron chi connectivity index (χ4n) is 8.79. The van der Waals surface area contributed by atoms with E-state index in [0.717, 1.165) is 136 Å². The number of methoxy groups -OCH3 is 3. The van der Waals surface area contributed by atoms with Gasteiger partial charge in [0.2, 0.25) is 0 Å². The van der Waals surface area contributed by atoms with Gasteiger partial charge in [-0.2, -0.15) is 32.7 Å². The van der Waals surface area contributed by atoms with Crippen molar-refractivity contribution < 1.29 is 37.0 Å². The number of nitrogens with zero attached hydrogens (tertiary/aromatic N) is 9. The third-order valence-electron chi connectivity index (χ3n) is 12.6. The highest BCUT2D eigenvalue weighted by molar-refractivity contribution is 7.86. The molecule has 0 spiro atoms. The Bertz CT molecular complexity index is 3750. The summed E-state index contributed by atoms with van der Waals surface area (Å²) < 4.78 is 48.5. The van der Waals surface area contributed by atoms with Crippen molar-refractivity contribution in [2.45, 2.75) is 101 Å². The number of aromatic nitrogens is 9. The number of benzene rings is 3. The first-order valence-electron chi connectivity index (χ1n) is 25.9. The Morgan fingerprint density at radius 2 is 0.887 bits per heavy atom. The summed E-state index contributed by atoms with van der Waals surface area (Å²) in [5.41, 5.74) is 22.1. The highest BCUT2D eigenvalue weighted by atomic mass is 35.5. The van der Waals surface area contributed by atoms with E-state index >= 15 is 0 Å². The first-order chi connectivity index (χ1) is 37.8. The highest BCUT2D eigenvalue weighted by Crippen LogP contribution is 2.36. The Kier molecular flexibility index (Phi) is 20.6. The second kappa shape index (κ2) is 26.7. The summed E-state index contributed by atoms with van der Waals surface area (Å²) in [7, 11) is 1.48. The second-order valence-electron chi connectivity index (χ2n) is 19.8. The van der Waals surface area contributed by atoms with Gasteiger partial charge in [0, 0.05) is 64.0 Å². The molecule has 0 amide bonds. The van der Waals surface area contributed by atoms with E-state index in [0.29, 0.717) is 5.15 Å². The minimum Gasteiger partial charge on any atom is -0.497 e. The van der Waals surface area contributed by atoms with Gasteiger partial charge in [0.05, 0.1) is 64.5 Å². The predicted octanol–water partition coefficient (Wildman–Crippen LogP) is 9.54. The van der Waals surface area contributed by atoms with E-state index in [-0.39, 0.29) is 37.9 Å². The number of nitrogens with two attached hydrogens (primary N) is 1. The van der Waals surface area contributed by atoms with Gasteiger partial charge in [0.15, 0.2) is 16.9 Å². The molecule has 0 aliphatic carbocycles. The summed E-state index contributed by atoms with van der Waals surface area (Å²) in [4.78, 5) is 14.0. The van der Waals surface area contributed by atoms with Gasteiger partial charge in [-0.3, -0.25) is 4.18 Å². The number of halogens is 1. The van der Waals surface area contributed by atoms with Crippen LogP contribution in [0.15, 0.2) is 72.8 Å². The van der Waals surface area contributed by atoms with Crippen LogP contribution in [0.4, 0.5) is 11.6 Å². The Morgan fingerprint density at radius 3 is 1.21 bits per heavy atom. The molecule has 0 radical (unpaired) electrons. The largest absolute Gasteiger partial charge is 0.497 e. The lowest BCUT2D eigenvalue weighted by Gasteiger charge is -2.16. The number of rotatable bonds is 15. The fraction of sp³-hybridized carbons (Fsp3) is 0.379. The van der Waals surface area contributed by atoms with Gasteiger partial charge >= 0.3 is 0 Å². The van der Waals surface area contributed by atoms with Crippen LogP contribution in [0.2, 0.25) is 5.15 Å². The van der Waals surface area contributed by atoms with Crippen molar-refractivity contribution in [2.75, 3.05) is 58.0 Å². The molecule has 9 aromatic rings. The van der Waals surface area contributed by atoms with Crippen molar-refractivity contribution in [1.82, 2.24) is 43.8 Å². The number of anilines is 2. The first-order valence-corrected chi connectivity index (χ1v) is 28.1. The standard InChI is InChI=1S/C20H26N4O4S.C19H24N4O2.C16H16ClN3O.C3H9NO/c1-12-9-16(27-5)7-8-17(12)19-15(4)23-24-18(10-13(2)22-20(19)24)21-14(3)11-28-29(6,25)26;1-11-8-15(25-5)6-7-16(11)18-14(4)22-23-17(20-13(3)10-24)9-12(2)21-19(18)23;1-9-7-12(21-4)5-6-13(9)15-11(3)19-20-14(17)8-10(2)18-16(15)20;1-3(4)2-5/h7-10,14,21H,11H2,1-6H3;6-9,13,20,24H,10H2,1-5H3;5-8H,1-4H3;3,5H,2,4H2,1H3/t14-;13-;;3-/m11.1/s1. The average molecular weight is 1140 g/mol. The molecule has 22 heteroatoms. The molecule has 20 nitrogen and oxygen atoms in total. The van der Waals surface area contributed by atoms with Gasteiger partial charge in [-0.25, -0.2) is 19.5 Å². The van der Waals surface area contributed by atoms with E-state index in [1.54, 1.807) is 37.3 Å². The number of aliphatic hydroxyl groups excluding tert-OH is 2. The van der Waals surface area contributed by atoms with Gasteiger partial charge in [-0.15, -0.1) is 0 Å². The number of fused-ring (bicyclic) bond motifs is 3. The van der Waals surface area contributed by atoms with Crippen LogP contribution in [0.5, 0.6) is 17.2 Å². The van der Waals surface area contributed by atoms with E-state index in [4.69, 9.17) is 50.8 Å². The van der Waals surface area contributed by atoms with Crippen molar-refractivity contribution in [3.63, 3.8) is 0 Å². The molecular weight excluding hydrogens is 1060 g/mol. The summed E-state index contributed by atoms with van der Waals surface area (Å²) in [6.07, 6.45) is 1.04. The molecule has 428 valence electrons. The number of hydrogen-bond acceptors (Lipinski definition) is 17. The van der Waals surface area contributed by atoms with Gasteiger partial charge in [0.25, 0.3) is 10.1 Å². The molecule has 0 saturated heterocycles. The third kappa shape index (κ3) is 14.9. The van der Waals surface area contributed by atoms with Crippen LogP contribution in [-0.4, -0.2) is 128 Å². The first kappa shape index (κ1) is 61.8. The molecule has 0 saturated carbocycles. The SMILES string of the molecule is COc1ccc(-c2c(C)nn3c(Cl)cc(C)nc23)c(C)c1.COc1ccc(-c2c(C)nn3c(N[C@H](C)CO)cc(C)nc23)c(C)c1.COc1ccc(-c2c(C)nn3c(N[C@H](C)COS(C)(=O)=O)cc(C)nc23)c(C)c1.C[C@@H](N)CO. The third-order valence-corrected chi connectivity index (χ3v) is 13.5. The van der Waals surface area contributed by atoms with E-state index in [1.165, 1.54) is 0 Å². The van der Waals surface area contributed by atoms with E-state index in [1.807, 2.05) is 140 Å². The van der Waals surface area contributed by atoms with Crippen LogP contribution in [0.25, 0.3) is 50.3 Å². The van der Waals surface area contributed by atoms with E-state index < -0.39 is 10.1 Å². The molecule has 6 aromatic heterocycles. The van der Waals surface area contributed by atoms with Gasteiger partial charge < -0.3 is 40.8 Å². The van der Waals surface area contributed by atoms with Crippen LogP contribution in [-0.2, 0) is 14.3 Å². The highest BCUT2D eigenvalue weighted by Gasteiger charge is 2.22. The molecule has 3 aromatic carbocycles. The molecule has 0 aliphatic rings. The normalized spacial score (nSPS) is 12.4. The van der Waals surface area contributed by atoms with Crippen molar-refractivity contribution in [3.05, 3.63) is 129 Å². The number of hydrogen-bond donors (Lipinski definition) is 5. The Hall–Kier alpha value is -7.40. The lowest BCUT2D eigenvalue weighted by molar-refractivity contribution is 0.273. The number of nitrogens with one attached hydrogen (secondary N) is 2. The monoisotopic (exact) mass is 1130 g/mol. The minimum atomic E-state index is -3.50. The maximum Gasteiger partial charge on any atom is 0.264 e. The minimum absolute atomic E-state index is 0.0202. The zero-order chi connectivity index (χ0) is 58.9. The van der Waals surface area contributed by atoms with Crippen molar-refractivity contribution in [3.8, 4) is 50.6 Å². The van der Waals surface area contributed by atoms with Crippen LogP contribution in [0, 0.1) is 62.3 Å². The summed E-state index contributed by atoms with van der Waals surface area (Å²) in [6.45, 7) is 23.5. The summed E-state index contributed by atoms with van der Waals surface area (Å²) >= 11 is 6.26. The van der Waals surface area contributed by atoms with E-state index in [9.17, 15) is 13.5 Å². The van der Waals surface area contributed by atoms with Crippen LogP contribution in [0.1, 0.15) is 71.6 Å². The van der Waals surface area contributed by atoms with Gasteiger partial charge in [-0.1, -0.05) is 29.8 Å². The molecule has 0 bridgehead atoms. The lowest BCUT2D eigenvalue weighted by atomic mass is 10.0.